The predicted octanol–water partition coefficient (Wildman–Crippen LogP) is 4.75. The monoisotopic (exact) mass is 548 g/mol. The summed E-state index contributed by atoms with van der Waals surface area (Å²) in [6, 6.07) is 19.5. The molecule has 1 saturated carbocycles. The average Bonchev–Trinajstić information content (AvgIpc) is 3.75. The van der Waals surface area contributed by atoms with Crippen molar-refractivity contribution in [3.8, 4) is 5.75 Å². The number of para-hydroxylation sites is 1. The van der Waals surface area contributed by atoms with E-state index in [0.29, 0.717) is 30.2 Å². The first-order valence-electron chi connectivity index (χ1n) is 13.2. The van der Waals surface area contributed by atoms with E-state index in [2.05, 4.69) is 5.32 Å². The van der Waals surface area contributed by atoms with E-state index in [9.17, 15) is 18.0 Å². The van der Waals surface area contributed by atoms with Gasteiger partial charge in [0.2, 0.25) is 0 Å². The molecule has 0 bridgehead atoms. The Bertz CT molecular complexity index is 1500. The van der Waals surface area contributed by atoms with Crippen LogP contribution in [-0.2, 0) is 36.2 Å². The van der Waals surface area contributed by atoms with Crippen molar-refractivity contribution in [2.45, 2.75) is 49.8 Å². The molecule has 0 saturated heterocycles. The van der Waals surface area contributed by atoms with Crippen LogP contribution >= 0.6 is 0 Å². The van der Waals surface area contributed by atoms with E-state index in [4.69, 9.17) is 9.47 Å². The summed E-state index contributed by atoms with van der Waals surface area (Å²) in [5.41, 5.74) is 3.28. The summed E-state index contributed by atoms with van der Waals surface area (Å²) < 4.78 is 39.3. The molecular formula is C30H32N2O6S. The van der Waals surface area contributed by atoms with Crippen molar-refractivity contribution in [1.82, 2.24) is 0 Å². The highest BCUT2D eigenvalue weighted by Crippen LogP contribution is 2.49. The molecule has 1 N–H and O–H groups in total. The van der Waals surface area contributed by atoms with Crippen molar-refractivity contribution < 1.29 is 27.5 Å². The van der Waals surface area contributed by atoms with Crippen molar-refractivity contribution >= 4 is 33.3 Å². The maximum absolute atomic E-state index is 13.4. The number of fused-ring (bicyclic) bond motifs is 1. The number of nitrogens with one attached hydrogen (secondary N) is 1. The molecular weight excluding hydrogens is 516 g/mol. The molecule has 1 aliphatic carbocycles. The highest BCUT2D eigenvalue weighted by Gasteiger charge is 2.52. The van der Waals surface area contributed by atoms with Gasteiger partial charge in [0.05, 0.1) is 22.6 Å². The van der Waals surface area contributed by atoms with Gasteiger partial charge in [0.25, 0.3) is 15.9 Å². The van der Waals surface area contributed by atoms with Crippen LogP contribution in [0.25, 0.3) is 0 Å². The molecule has 1 amide bonds. The number of sulfonamides is 1. The van der Waals surface area contributed by atoms with Crippen molar-refractivity contribution in [2.24, 2.45) is 0 Å². The van der Waals surface area contributed by atoms with Crippen molar-refractivity contribution in [2.75, 3.05) is 29.4 Å². The van der Waals surface area contributed by atoms with E-state index >= 15 is 0 Å². The summed E-state index contributed by atoms with van der Waals surface area (Å²) in [6.45, 7) is 4.09. The first kappa shape index (κ1) is 26.7. The van der Waals surface area contributed by atoms with Crippen LogP contribution in [0.15, 0.2) is 71.6 Å². The van der Waals surface area contributed by atoms with Crippen molar-refractivity contribution in [3.05, 3.63) is 83.4 Å². The Balaban J connectivity index is 1.20. The lowest BCUT2D eigenvalue weighted by Crippen LogP contribution is -2.35. The van der Waals surface area contributed by atoms with Gasteiger partial charge in [-0.3, -0.25) is 13.9 Å². The van der Waals surface area contributed by atoms with Gasteiger partial charge < -0.3 is 14.8 Å². The molecule has 3 aromatic rings. The van der Waals surface area contributed by atoms with Crippen LogP contribution in [0.5, 0.6) is 5.75 Å². The minimum Gasteiger partial charge on any atom is -0.483 e. The van der Waals surface area contributed by atoms with Crippen LogP contribution < -0.4 is 14.4 Å². The Morgan fingerprint density at radius 3 is 2.46 bits per heavy atom. The zero-order chi connectivity index (χ0) is 27.6. The van der Waals surface area contributed by atoms with Crippen molar-refractivity contribution in [1.29, 1.82) is 0 Å². The second kappa shape index (κ2) is 10.7. The van der Waals surface area contributed by atoms with Crippen LogP contribution in [0.4, 0.5) is 11.4 Å². The Labute approximate surface area is 229 Å². The Kier molecular flexibility index (Phi) is 7.36. The fourth-order valence-electron chi connectivity index (χ4n) is 5.04. The van der Waals surface area contributed by atoms with Gasteiger partial charge in [-0.25, -0.2) is 8.42 Å². The van der Waals surface area contributed by atoms with Crippen LogP contribution in [0, 0.1) is 6.92 Å². The van der Waals surface area contributed by atoms with E-state index in [1.165, 1.54) is 10.4 Å². The molecule has 1 heterocycles. The lowest BCUT2D eigenvalue weighted by molar-refractivity contribution is -0.146. The molecule has 2 aliphatic rings. The zero-order valence-electron chi connectivity index (χ0n) is 22.1. The Hall–Kier alpha value is -3.85. The standard InChI is InChI=1S/C30H32N2O6S/c1-3-37-29(34)30(16-17-30)23-10-12-24(13-11-23)31-28(33)20-38-27-15-14-25(19-21(27)2)39(35,36)32-18-6-8-22-7-4-5-9-26(22)32/h4-5,7,9-15,19H,3,6,8,16-18,20H2,1-2H3,(H,31,33). The molecule has 1 aliphatic heterocycles. The van der Waals surface area contributed by atoms with E-state index < -0.39 is 15.4 Å². The summed E-state index contributed by atoms with van der Waals surface area (Å²) >= 11 is 0. The SMILES string of the molecule is CCOC(=O)C1(c2ccc(NC(=O)COc3ccc(S(=O)(=O)N4CCCc5ccccc54)cc3C)cc2)CC1. The number of hydrogen-bond acceptors (Lipinski definition) is 6. The van der Waals surface area contributed by atoms with Crippen LogP contribution in [0.3, 0.4) is 0 Å². The number of amides is 1. The third-order valence-electron chi connectivity index (χ3n) is 7.30. The second-order valence-electron chi connectivity index (χ2n) is 9.95. The molecule has 8 nitrogen and oxygen atoms in total. The maximum atomic E-state index is 13.4. The average molecular weight is 549 g/mol. The lowest BCUT2D eigenvalue weighted by Gasteiger charge is -2.30. The number of benzene rings is 3. The van der Waals surface area contributed by atoms with E-state index in [1.54, 1.807) is 38.1 Å². The van der Waals surface area contributed by atoms with Crippen LogP contribution in [-0.4, -0.2) is 40.1 Å². The summed E-state index contributed by atoms with van der Waals surface area (Å²) in [5.74, 6) is -0.121. The van der Waals surface area contributed by atoms with E-state index in [0.717, 1.165) is 42.5 Å². The van der Waals surface area contributed by atoms with E-state index in [1.807, 2.05) is 36.4 Å². The first-order chi connectivity index (χ1) is 18.7. The van der Waals surface area contributed by atoms with Gasteiger partial charge in [-0.15, -0.1) is 0 Å². The number of ether oxygens (including phenoxy) is 2. The number of esters is 1. The summed E-state index contributed by atoms with van der Waals surface area (Å²) in [4.78, 5) is 25.0. The molecule has 0 atom stereocenters. The highest BCUT2D eigenvalue weighted by atomic mass is 32.2. The molecule has 3 aromatic carbocycles. The fourth-order valence-corrected chi connectivity index (χ4v) is 6.66. The lowest BCUT2D eigenvalue weighted by atomic mass is 9.96. The minimum absolute atomic E-state index is 0.185. The maximum Gasteiger partial charge on any atom is 0.316 e. The van der Waals surface area contributed by atoms with Gasteiger partial charge in [-0.2, -0.15) is 0 Å². The predicted molar refractivity (Wildman–Crippen MR) is 149 cm³/mol. The topological polar surface area (TPSA) is 102 Å². The van der Waals surface area contributed by atoms with Crippen LogP contribution in [0.2, 0.25) is 0 Å². The molecule has 0 unspecified atom stereocenters. The molecule has 204 valence electrons. The molecule has 1 fully saturated rings. The van der Waals surface area contributed by atoms with Crippen LogP contribution in [0.1, 0.15) is 42.9 Å². The van der Waals surface area contributed by atoms with Gasteiger partial charge in [0.1, 0.15) is 5.75 Å². The van der Waals surface area contributed by atoms with Gasteiger partial charge in [-0.05, 0) is 92.6 Å². The van der Waals surface area contributed by atoms with E-state index in [-0.39, 0.29) is 23.4 Å². The van der Waals surface area contributed by atoms with Gasteiger partial charge in [-0.1, -0.05) is 30.3 Å². The van der Waals surface area contributed by atoms with Gasteiger partial charge >= 0.3 is 5.97 Å². The molecule has 9 heteroatoms. The Morgan fingerprint density at radius 2 is 1.77 bits per heavy atom. The summed E-state index contributed by atoms with van der Waals surface area (Å²) in [5, 5.41) is 2.79. The zero-order valence-corrected chi connectivity index (χ0v) is 22.9. The quantitative estimate of drug-likeness (QED) is 0.387. The minimum atomic E-state index is -3.74. The number of rotatable bonds is 9. The fraction of sp³-hybridized carbons (Fsp3) is 0.333. The first-order valence-corrected chi connectivity index (χ1v) is 14.6. The number of nitrogens with zero attached hydrogens (tertiary/aromatic N) is 1. The second-order valence-corrected chi connectivity index (χ2v) is 11.8. The Morgan fingerprint density at radius 1 is 1.03 bits per heavy atom. The molecule has 0 aromatic heterocycles. The molecule has 0 radical (unpaired) electrons. The summed E-state index contributed by atoms with van der Waals surface area (Å²) in [7, 11) is -3.74. The van der Waals surface area contributed by atoms with Gasteiger partial charge in [0.15, 0.2) is 6.61 Å². The number of anilines is 2. The normalized spacial score (nSPS) is 15.7. The van der Waals surface area contributed by atoms with Crippen molar-refractivity contribution in [3.63, 3.8) is 0 Å². The third kappa shape index (κ3) is 5.36. The largest absolute Gasteiger partial charge is 0.483 e. The number of aryl methyl sites for hydroxylation is 2. The summed E-state index contributed by atoms with van der Waals surface area (Å²) in [6.07, 6.45) is 3.14. The molecule has 39 heavy (non-hydrogen) atoms. The number of carbonyl (C=O) groups excluding carboxylic acids is 2. The van der Waals surface area contributed by atoms with Gasteiger partial charge in [0, 0.05) is 12.2 Å². The smallest absolute Gasteiger partial charge is 0.316 e. The third-order valence-corrected chi connectivity index (χ3v) is 9.11. The number of hydrogen-bond donors (Lipinski definition) is 1. The number of carbonyl (C=O) groups is 2. The molecule has 5 rings (SSSR count). The highest BCUT2D eigenvalue weighted by molar-refractivity contribution is 7.92. The molecule has 0 spiro atoms.